The SMILES string of the molecule is C/C=C/COC(=O)C1=C(C)NC(=O)NC1c1cc(OC)c(OC)c(OC)c1. The molecular weight excluding hydrogens is 352 g/mol. The maximum Gasteiger partial charge on any atom is 0.338 e. The predicted octanol–water partition coefficient (Wildman–Crippen LogP) is 2.46. The number of methoxy groups -OCH3 is 3. The van der Waals surface area contributed by atoms with Crippen LogP contribution in [0.2, 0.25) is 0 Å². The normalized spacial score (nSPS) is 16.6. The first kappa shape index (κ1) is 20.2. The van der Waals surface area contributed by atoms with Crippen LogP contribution in [0.25, 0.3) is 0 Å². The van der Waals surface area contributed by atoms with Crippen molar-refractivity contribution in [2.24, 2.45) is 0 Å². The van der Waals surface area contributed by atoms with Crippen LogP contribution in [-0.4, -0.2) is 39.9 Å². The second-order valence-electron chi connectivity index (χ2n) is 5.70. The van der Waals surface area contributed by atoms with Gasteiger partial charge in [0.1, 0.15) is 6.61 Å². The van der Waals surface area contributed by atoms with Crippen molar-refractivity contribution in [2.45, 2.75) is 19.9 Å². The summed E-state index contributed by atoms with van der Waals surface area (Å²) in [5, 5.41) is 5.35. The van der Waals surface area contributed by atoms with E-state index in [-0.39, 0.29) is 6.61 Å². The van der Waals surface area contributed by atoms with Crippen molar-refractivity contribution in [1.82, 2.24) is 10.6 Å². The Morgan fingerprint density at radius 1 is 1.15 bits per heavy atom. The Labute approximate surface area is 158 Å². The standard InChI is InChI=1S/C19H24N2O6/c1-6-7-8-27-18(22)15-11(2)20-19(23)21-16(15)12-9-13(24-3)17(26-5)14(10-12)25-4/h6-7,9-10,16H,8H2,1-5H3,(H2,20,21,23)/b7-6+. The third-order valence-electron chi connectivity index (χ3n) is 4.06. The molecule has 1 heterocycles. The topological polar surface area (TPSA) is 95.1 Å². The Hall–Kier alpha value is -3.16. The van der Waals surface area contributed by atoms with Gasteiger partial charge in [0.2, 0.25) is 5.75 Å². The van der Waals surface area contributed by atoms with E-state index in [1.54, 1.807) is 31.2 Å². The highest BCUT2D eigenvalue weighted by Crippen LogP contribution is 2.41. The van der Waals surface area contributed by atoms with Gasteiger partial charge in [-0.2, -0.15) is 0 Å². The molecule has 0 bridgehead atoms. The number of esters is 1. The highest BCUT2D eigenvalue weighted by atomic mass is 16.5. The molecule has 0 fully saturated rings. The van der Waals surface area contributed by atoms with Crippen molar-refractivity contribution < 1.29 is 28.5 Å². The molecule has 2 rings (SSSR count). The molecule has 1 aliphatic heterocycles. The summed E-state index contributed by atoms with van der Waals surface area (Å²) in [6.07, 6.45) is 3.50. The van der Waals surface area contributed by atoms with E-state index < -0.39 is 18.0 Å². The molecule has 1 aliphatic rings. The van der Waals surface area contributed by atoms with Gasteiger partial charge >= 0.3 is 12.0 Å². The van der Waals surface area contributed by atoms with Crippen LogP contribution in [0.5, 0.6) is 17.2 Å². The van der Waals surface area contributed by atoms with Crippen molar-refractivity contribution >= 4 is 12.0 Å². The summed E-state index contributed by atoms with van der Waals surface area (Å²) < 4.78 is 21.3. The Morgan fingerprint density at radius 2 is 1.78 bits per heavy atom. The van der Waals surface area contributed by atoms with Crippen LogP contribution in [0.1, 0.15) is 25.5 Å². The molecule has 146 valence electrons. The number of rotatable bonds is 7. The number of nitrogens with one attached hydrogen (secondary N) is 2. The molecule has 0 saturated heterocycles. The lowest BCUT2D eigenvalue weighted by molar-refractivity contribution is -0.138. The van der Waals surface area contributed by atoms with Crippen LogP contribution >= 0.6 is 0 Å². The molecule has 1 aromatic carbocycles. The van der Waals surface area contributed by atoms with Crippen LogP contribution < -0.4 is 24.8 Å². The lowest BCUT2D eigenvalue weighted by atomic mass is 9.95. The number of carbonyl (C=O) groups excluding carboxylic acids is 2. The number of allylic oxidation sites excluding steroid dienone is 2. The minimum atomic E-state index is -0.731. The molecule has 0 spiro atoms. The zero-order chi connectivity index (χ0) is 20.0. The quantitative estimate of drug-likeness (QED) is 0.561. The molecule has 2 amide bonds. The van der Waals surface area contributed by atoms with E-state index in [0.717, 1.165) is 0 Å². The van der Waals surface area contributed by atoms with Gasteiger partial charge in [-0.15, -0.1) is 0 Å². The lowest BCUT2D eigenvalue weighted by Crippen LogP contribution is -2.45. The summed E-state index contributed by atoms with van der Waals surface area (Å²) in [6.45, 7) is 3.62. The van der Waals surface area contributed by atoms with Crippen LogP contribution in [0.3, 0.4) is 0 Å². The van der Waals surface area contributed by atoms with E-state index in [1.165, 1.54) is 21.3 Å². The Kier molecular flexibility index (Phi) is 6.70. The van der Waals surface area contributed by atoms with E-state index in [1.807, 2.05) is 6.92 Å². The number of hydrogen-bond donors (Lipinski definition) is 2. The van der Waals surface area contributed by atoms with E-state index in [0.29, 0.717) is 34.1 Å². The molecular formula is C19H24N2O6. The van der Waals surface area contributed by atoms with Crippen molar-refractivity contribution in [3.05, 3.63) is 41.1 Å². The van der Waals surface area contributed by atoms with Crippen molar-refractivity contribution in [2.75, 3.05) is 27.9 Å². The number of carbonyl (C=O) groups is 2. The van der Waals surface area contributed by atoms with Gasteiger partial charge in [0.05, 0.1) is 32.9 Å². The first-order valence-corrected chi connectivity index (χ1v) is 8.33. The Morgan fingerprint density at radius 3 is 2.30 bits per heavy atom. The van der Waals surface area contributed by atoms with Crippen LogP contribution in [-0.2, 0) is 9.53 Å². The summed E-state index contributed by atoms with van der Waals surface area (Å²) in [6, 6.07) is 2.22. The molecule has 0 radical (unpaired) electrons. The fourth-order valence-electron chi connectivity index (χ4n) is 2.78. The third-order valence-corrected chi connectivity index (χ3v) is 4.06. The number of amides is 2. The first-order valence-electron chi connectivity index (χ1n) is 8.33. The molecule has 0 saturated carbocycles. The third kappa shape index (κ3) is 4.33. The zero-order valence-electron chi connectivity index (χ0n) is 16.0. The zero-order valence-corrected chi connectivity index (χ0v) is 16.0. The molecule has 1 unspecified atom stereocenters. The maximum absolute atomic E-state index is 12.6. The second kappa shape index (κ2) is 8.98. The maximum atomic E-state index is 12.6. The summed E-state index contributed by atoms with van der Waals surface area (Å²) in [4.78, 5) is 24.6. The Balaban J connectivity index is 2.51. The van der Waals surface area contributed by atoms with Gasteiger partial charge in [0.15, 0.2) is 11.5 Å². The highest BCUT2D eigenvalue weighted by molar-refractivity contribution is 5.95. The lowest BCUT2D eigenvalue weighted by Gasteiger charge is -2.28. The summed E-state index contributed by atoms with van der Waals surface area (Å²) in [7, 11) is 4.49. The van der Waals surface area contributed by atoms with Gasteiger partial charge in [-0.05, 0) is 31.5 Å². The van der Waals surface area contributed by atoms with Crippen molar-refractivity contribution in [3.8, 4) is 17.2 Å². The second-order valence-corrected chi connectivity index (χ2v) is 5.70. The molecule has 2 N–H and O–H groups in total. The molecule has 0 aromatic heterocycles. The molecule has 8 nitrogen and oxygen atoms in total. The molecule has 1 aromatic rings. The van der Waals surface area contributed by atoms with Crippen molar-refractivity contribution in [1.29, 1.82) is 0 Å². The minimum Gasteiger partial charge on any atom is -0.493 e. The van der Waals surface area contributed by atoms with E-state index >= 15 is 0 Å². The van der Waals surface area contributed by atoms with E-state index in [9.17, 15) is 9.59 Å². The number of ether oxygens (including phenoxy) is 4. The number of urea groups is 1. The number of benzene rings is 1. The van der Waals surface area contributed by atoms with Gasteiger partial charge in [-0.25, -0.2) is 9.59 Å². The van der Waals surface area contributed by atoms with Gasteiger partial charge in [0.25, 0.3) is 0 Å². The van der Waals surface area contributed by atoms with Crippen molar-refractivity contribution in [3.63, 3.8) is 0 Å². The number of hydrogen-bond acceptors (Lipinski definition) is 6. The summed E-state index contributed by atoms with van der Waals surface area (Å²) >= 11 is 0. The van der Waals surface area contributed by atoms with E-state index in [2.05, 4.69) is 10.6 Å². The summed E-state index contributed by atoms with van der Waals surface area (Å²) in [5.41, 5.74) is 1.31. The largest absolute Gasteiger partial charge is 0.493 e. The highest BCUT2D eigenvalue weighted by Gasteiger charge is 2.33. The molecule has 0 aliphatic carbocycles. The Bertz CT molecular complexity index is 759. The molecule has 1 atom stereocenters. The minimum absolute atomic E-state index is 0.141. The van der Waals surface area contributed by atoms with Gasteiger partial charge in [0, 0.05) is 5.70 Å². The van der Waals surface area contributed by atoms with Crippen LogP contribution in [0.15, 0.2) is 35.6 Å². The molecule has 27 heavy (non-hydrogen) atoms. The fraction of sp³-hybridized carbons (Fsp3) is 0.368. The predicted molar refractivity (Wildman–Crippen MR) is 99.0 cm³/mol. The van der Waals surface area contributed by atoms with Gasteiger partial charge in [-0.3, -0.25) is 0 Å². The average Bonchev–Trinajstić information content (AvgIpc) is 2.66. The average molecular weight is 376 g/mol. The molecule has 8 heteroatoms. The fourth-order valence-corrected chi connectivity index (χ4v) is 2.78. The van der Waals surface area contributed by atoms with Gasteiger partial charge in [-0.1, -0.05) is 12.2 Å². The smallest absolute Gasteiger partial charge is 0.338 e. The van der Waals surface area contributed by atoms with Crippen LogP contribution in [0, 0.1) is 0 Å². The monoisotopic (exact) mass is 376 g/mol. The van der Waals surface area contributed by atoms with Crippen LogP contribution in [0.4, 0.5) is 4.79 Å². The summed E-state index contributed by atoms with van der Waals surface area (Å²) in [5.74, 6) is 0.719. The first-order chi connectivity index (χ1) is 13.0. The van der Waals surface area contributed by atoms with E-state index in [4.69, 9.17) is 18.9 Å². The van der Waals surface area contributed by atoms with Gasteiger partial charge < -0.3 is 29.6 Å².